The lowest BCUT2D eigenvalue weighted by Gasteiger charge is -2.35. The minimum Gasteiger partial charge on any atom is -0.497 e. The minimum atomic E-state index is -0.621. The number of hydrogen-bond donors (Lipinski definition) is 1. The summed E-state index contributed by atoms with van der Waals surface area (Å²) in [6.07, 6.45) is 4.38. The summed E-state index contributed by atoms with van der Waals surface area (Å²) in [5.41, 5.74) is 0.474. The van der Waals surface area contributed by atoms with Gasteiger partial charge < -0.3 is 14.6 Å². The molecule has 1 aliphatic rings. The van der Waals surface area contributed by atoms with Crippen molar-refractivity contribution in [2.24, 2.45) is 0 Å². The first-order chi connectivity index (χ1) is 9.06. The number of benzene rings is 1. The third-order valence-electron chi connectivity index (χ3n) is 3.97. The van der Waals surface area contributed by atoms with Crippen molar-refractivity contribution in [3.63, 3.8) is 0 Å². The molecule has 0 aromatic heterocycles. The van der Waals surface area contributed by atoms with Crippen LogP contribution in [0.1, 0.15) is 31.2 Å². The average Bonchev–Trinajstić information content (AvgIpc) is 2.42. The molecule has 0 aliphatic heterocycles. The van der Waals surface area contributed by atoms with Crippen molar-refractivity contribution in [1.82, 2.24) is 0 Å². The van der Waals surface area contributed by atoms with E-state index in [1.165, 1.54) is 0 Å². The lowest BCUT2D eigenvalue weighted by molar-refractivity contribution is -0.0428. The van der Waals surface area contributed by atoms with Crippen LogP contribution in [0, 0.1) is 0 Å². The smallest absolute Gasteiger partial charge is 0.119 e. The van der Waals surface area contributed by atoms with Gasteiger partial charge in [0.2, 0.25) is 0 Å². The number of methoxy groups -OCH3 is 2. The second-order valence-electron chi connectivity index (χ2n) is 5.29. The van der Waals surface area contributed by atoms with Crippen LogP contribution >= 0.6 is 15.9 Å². The summed E-state index contributed by atoms with van der Waals surface area (Å²) in [6.45, 7) is 0. The second-order valence-corrected chi connectivity index (χ2v) is 6.15. The molecule has 0 unspecified atom stereocenters. The predicted molar refractivity (Wildman–Crippen MR) is 78.6 cm³/mol. The van der Waals surface area contributed by atoms with E-state index in [0.29, 0.717) is 12.5 Å². The zero-order valence-electron chi connectivity index (χ0n) is 11.5. The lowest BCUT2D eigenvalue weighted by atomic mass is 9.79. The van der Waals surface area contributed by atoms with Crippen molar-refractivity contribution in [2.45, 2.75) is 43.8 Å². The molecule has 0 saturated heterocycles. The van der Waals surface area contributed by atoms with Crippen molar-refractivity contribution in [2.75, 3.05) is 14.2 Å². The SMILES string of the molecule is COc1ccc(Br)c(CC2(O)CCC(OC)CC2)c1. The molecule has 1 fully saturated rings. The van der Waals surface area contributed by atoms with Crippen molar-refractivity contribution < 1.29 is 14.6 Å². The van der Waals surface area contributed by atoms with Gasteiger partial charge in [0.1, 0.15) is 5.75 Å². The van der Waals surface area contributed by atoms with Gasteiger partial charge in [-0.15, -0.1) is 0 Å². The third-order valence-corrected chi connectivity index (χ3v) is 4.74. The normalized spacial score (nSPS) is 27.3. The molecule has 0 spiro atoms. The van der Waals surface area contributed by atoms with Crippen LogP contribution in [0.2, 0.25) is 0 Å². The van der Waals surface area contributed by atoms with Crippen LogP contribution in [0.5, 0.6) is 5.75 Å². The molecule has 1 aliphatic carbocycles. The minimum absolute atomic E-state index is 0.300. The number of hydrogen-bond acceptors (Lipinski definition) is 3. The molecule has 0 amide bonds. The quantitative estimate of drug-likeness (QED) is 0.921. The van der Waals surface area contributed by atoms with E-state index in [2.05, 4.69) is 15.9 Å². The Bertz CT molecular complexity index is 425. The maximum Gasteiger partial charge on any atom is 0.119 e. The summed E-state index contributed by atoms with van der Waals surface area (Å²) in [7, 11) is 3.40. The van der Waals surface area contributed by atoms with Gasteiger partial charge in [0.15, 0.2) is 0 Å². The Morgan fingerprint density at radius 1 is 1.32 bits per heavy atom. The van der Waals surface area contributed by atoms with E-state index in [1.807, 2.05) is 18.2 Å². The number of rotatable bonds is 4. The molecule has 0 radical (unpaired) electrons. The van der Waals surface area contributed by atoms with E-state index >= 15 is 0 Å². The van der Waals surface area contributed by atoms with Crippen LogP contribution in [0.25, 0.3) is 0 Å². The van der Waals surface area contributed by atoms with Crippen LogP contribution in [0.3, 0.4) is 0 Å². The molecule has 2 rings (SSSR count). The first kappa shape index (κ1) is 14.8. The molecular formula is C15H21BrO3. The zero-order valence-corrected chi connectivity index (χ0v) is 13.1. The van der Waals surface area contributed by atoms with Crippen LogP contribution in [0.15, 0.2) is 22.7 Å². The zero-order chi connectivity index (χ0) is 13.9. The van der Waals surface area contributed by atoms with Gasteiger partial charge in [-0.25, -0.2) is 0 Å². The molecule has 4 heteroatoms. The maximum absolute atomic E-state index is 10.7. The van der Waals surface area contributed by atoms with E-state index in [-0.39, 0.29) is 0 Å². The Labute approximate surface area is 123 Å². The molecule has 19 heavy (non-hydrogen) atoms. The molecule has 0 bridgehead atoms. The van der Waals surface area contributed by atoms with Crippen LogP contribution < -0.4 is 4.74 Å². The molecule has 1 N–H and O–H groups in total. The maximum atomic E-state index is 10.7. The molecule has 1 saturated carbocycles. The molecule has 3 nitrogen and oxygen atoms in total. The van der Waals surface area contributed by atoms with Gasteiger partial charge in [0.05, 0.1) is 18.8 Å². The topological polar surface area (TPSA) is 38.7 Å². The Kier molecular flexibility index (Phi) is 4.87. The summed E-state index contributed by atoms with van der Waals surface area (Å²) in [5.74, 6) is 0.826. The number of ether oxygens (including phenoxy) is 2. The highest BCUT2D eigenvalue weighted by Crippen LogP contribution is 2.35. The Hall–Kier alpha value is -0.580. The highest BCUT2D eigenvalue weighted by Gasteiger charge is 2.33. The largest absolute Gasteiger partial charge is 0.497 e. The molecule has 1 aromatic carbocycles. The summed E-state index contributed by atoms with van der Waals surface area (Å²) >= 11 is 3.54. The standard InChI is InChI=1S/C15H21BrO3/c1-18-12-5-7-15(17,8-6-12)10-11-9-13(19-2)3-4-14(11)16/h3-4,9,12,17H,5-8,10H2,1-2H3. The van der Waals surface area contributed by atoms with Gasteiger partial charge >= 0.3 is 0 Å². The van der Waals surface area contributed by atoms with E-state index in [9.17, 15) is 5.11 Å². The van der Waals surface area contributed by atoms with Crippen molar-refractivity contribution in [3.8, 4) is 5.75 Å². The number of aliphatic hydroxyl groups is 1. The van der Waals surface area contributed by atoms with Crippen molar-refractivity contribution in [1.29, 1.82) is 0 Å². The highest BCUT2D eigenvalue weighted by atomic mass is 79.9. The van der Waals surface area contributed by atoms with Gasteiger partial charge in [0.25, 0.3) is 0 Å². The predicted octanol–water partition coefficient (Wildman–Crippen LogP) is 3.32. The monoisotopic (exact) mass is 328 g/mol. The van der Waals surface area contributed by atoms with Gasteiger partial charge in [-0.05, 0) is 49.4 Å². The molecule has 106 valence electrons. The molecular weight excluding hydrogens is 308 g/mol. The lowest BCUT2D eigenvalue weighted by Crippen LogP contribution is -2.38. The van der Waals surface area contributed by atoms with Crippen LogP contribution in [-0.4, -0.2) is 31.0 Å². The van der Waals surface area contributed by atoms with Gasteiger partial charge in [-0.1, -0.05) is 15.9 Å². The van der Waals surface area contributed by atoms with Gasteiger partial charge in [0, 0.05) is 18.0 Å². The van der Waals surface area contributed by atoms with Crippen molar-refractivity contribution >= 4 is 15.9 Å². The summed E-state index contributed by atoms with van der Waals surface area (Å²) in [4.78, 5) is 0. The number of halogens is 1. The molecule has 1 aromatic rings. The summed E-state index contributed by atoms with van der Waals surface area (Å²) < 4.78 is 11.6. The fourth-order valence-corrected chi connectivity index (χ4v) is 3.10. The Morgan fingerprint density at radius 2 is 2.00 bits per heavy atom. The van der Waals surface area contributed by atoms with Gasteiger partial charge in [-0.3, -0.25) is 0 Å². The molecule has 0 heterocycles. The first-order valence-corrected chi connectivity index (χ1v) is 7.43. The average molecular weight is 329 g/mol. The fraction of sp³-hybridized carbons (Fsp3) is 0.600. The Morgan fingerprint density at radius 3 is 2.58 bits per heavy atom. The summed E-state index contributed by atoms with van der Waals surface area (Å²) in [5, 5.41) is 10.7. The summed E-state index contributed by atoms with van der Waals surface area (Å²) in [6, 6.07) is 5.88. The second kappa shape index (κ2) is 6.25. The van der Waals surface area contributed by atoms with E-state index < -0.39 is 5.60 Å². The fourth-order valence-electron chi connectivity index (χ4n) is 2.71. The molecule has 0 atom stereocenters. The van der Waals surface area contributed by atoms with E-state index in [0.717, 1.165) is 41.5 Å². The van der Waals surface area contributed by atoms with E-state index in [1.54, 1.807) is 14.2 Å². The van der Waals surface area contributed by atoms with E-state index in [4.69, 9.17) is 9.47 Å². The highest BCUT2D eigenvalue weighted by molar-refractivity contribution is 9.10. The third kappa shape index (κ3) is 3.71. The van der Waals surface area contributed by atoms with Crippen LogP contribution in [-0.2, 0) is 11.2 Å². The first-order valence-electron chi connectivity index (χ1n) is 6.64. The van der Waals surface area contributed by atoms with Crippen LogP contribution in [0.4, 0.5) is 0 Å². The Balaban J connectivity index is 2.08. The van der Waals surface area contributed by atoms with Crippen molar-refractivity contribution in [3.05, 3.63) is 28.2 Å². The van der Waals surface area contributed by atoms with Gasteiger partial charge in [-0.2, -0.15) is 0 Å².